The number of aliphatic imine (C=N–C) groups is 1. The van der Waals surface area contributed by atoms with Gasteiger partial charge in [0.05, 0.1) is 36.5 Å². The molecule has 110 valence electrons. The third-order valence-corrected chi connectivity index (χ3v) is 4.36. The van der Waals surface area contributed by atoms with Crippen molar-refractivity contribution in [3.63, 3.8) is 0 Å². The third kappa shape index (κ3) is 2.44. The molecule has 6 heteroatoms. The number of rotatable bonds is 3. The Hall–Kier alpha value is -1.82. The summed E-state index contributed by atoms with van der Waals surface area (Å²) < 4.78 is 3.17. The molecule has 1 aromatic heterocycles. The van der Waals surface area contributed by atoms with E-state index in [0.29, 0.717) is 18.5 Å². The van der Waals surface area contributed by atoms with Gasteiger partial charge in [0.2, 0.25) is 0 Å². The Kier molecular flexibility index (Phi) is 3.71. The first-order chi connectivity index (χ1) is 10.1. The molecule has 0 bridgehead atoms. The summed E-state index contributed by atoms with van der Waals surface area (Å²) in [5.74, 6) is 0.545. The predicted molar refractivity (Wildman–Crippen MR) is 88.5 cm³/mol. The lowest BCUT2D eigenvalue weighted by Crippen LogP contribution is -2.37. The summed E-state index contributed by atoms with van der Waals surface area (Å²) in [5, 5.41) is 0. The van der Waals surface area contributed by atoms with Crippen molar-refractivity contribution in [3.8, 4) is 0 Å². The minimum Gasteiger partial charge on any atom is -0.369 e. The number of para-hydroxylation sites is 1. The Bertz CT molecular complexity index is 676. The highest BCUT2D eigenvalue weighted by Gasteiger charge is 2.32. The summed E-state index contributed by atoms with van der Waals surface area (Å²) in [7, 11) is 0. The second kappa shape index (κ2) is 5.52. The number of hydrogen-bond donors (Lipinski definition) is 1. The van der Waals surface area contributed by atoms with Crippen LogP contribution in [0, 0.1) is 0 Å². The normalized spacial score (nSPS) is 18.4. The molecule has 2 N–H and O–H groups in total. The Morgan fingerprint density at radius 2 is 2.10 bits per heavy atom. The Balaban J connectivity index is 2.04. The van der Waals surface area contributed by atoms with E-state index in [9.17, 15) is 0 Å². The van der Waals surface area contributed by atoms with Crippen molar-refractivity contribution in [2.45, 2.75) is 25.9 Å². The first-order valence-corrected chi connectivity index (χ1v) is 7.74. The van der Waals surface area contributed by atoms with Gasteiger partial charge in [0.15, 0.2) is 5.96 Å². The zero-order chi connectivity index (χ0) is 15.0. The molecule has 0 saturated heterocycles. The fourth-order valence-corrected chi connectivity index (χ4v) is 3.14. The van der Waals surface area contributed by atoms with Crippen LogP contribution in [0.5, 0.6) is 0 Å². The number of guanidine groups is 1. The largest absolute Gasteiger partial charge is 0.369 e. The fraction of sp³-hybridized carbons (Fsp3) is 0.333. The van der Waals surface area contributed by atoms with E-state index in [1.165, 1.54) is 0 Å². The van der Waals surface area contributed by atoms with E-state index in [-0.39, 0.29) is 6.04 Å². The fourth-order valence-electron chi connectivity index (χ4n) is 2.67. The van der Waals surface area contributed by atoms with Gasteiger partial charge in [-0.15, -0.1) is 0 Å². The Morgan fingerprint density at radius 1 is 1.33 bits per heavy atom. The Labute approximate surface area is 132 Å². The van der Waals surface area contributed by atoms with Crippen LogP contribution in [0.1, 0.15) is 31.6 Å². The molecule has 1 atom stereocenters. The maximum absolute atomic E-state index is 6.13. The number of aromatic nitrogens is 2. The van der Waals surface area contributed by atoms with Gasteiger partial charge < -0.3 is 15.2 Å². The number of benzene rings is 1. The van der Waals surface area contributed by atoms with Crippen molar-refractivity contribution in [2.75, 3.05) is 11.4 Å². The SMILES string of the molecule is CC(C)n1cncc1C1CN=C(N)N1c1ccccc1Br. The number of hydrogen-bond acceptors (Lipinski definition) is 4. The van der Waals surface area contributed by atoms with Gasteiger partial charge in [0.1, 0.15) is 0 Å². The molecule has 0 aliphatic carbocycles. The minimum atomic E-state index is 0.0774. The van der Waals surface area contributed by atoms with Crippen LogP contribution in [0.3, 0.4) is 0 Å². The van der Waals surface area contributed by atoms with Crippen LogP contribution in [0.25, 0.3) is 0 Å². The molecular weight excluding hydrogens is 330 g/mol. The second-order valence-corrected chi connectivity index (χ2v) is 6.21. The summed E-state index contributed by atoms with van der Waals surface area (Å²) >= 11 is 3.60. The summed E-state index contributed by atoms with van der Waals surface area (Å²) in [4.78, 5) is 10.8. The first kappa shape index (κ1) is 14.1. The van der Waals surface area contributed by atoms with Crippen molar-refractivity contribution < 1.29 is 0 Å². The maximum atomic E-state index is 6.13. The predicted octanol–water partition coefficient (Wildman–Crippen LogP) is 3.10. The van der Waals surface area contributed by atoms with Crippen LogP contribution in [0.15, 0.2) is 46.3 Å². The van der Waals surface area contributed by atoms with E-state index in [1.54, 1.807) is 0 Å². The molecule has 0 amide bonds. The van der Waals surface area contributed by atoms with E-state index in [4.69, 9.17) is 5.73 Å². The molecule has 0 radical (unpaired) electrons. The number of nitrogens with two attached hydrogens (primary N) is 1. The van der Waals surface area contributed by atoms with Gasteiger partial charge >= 0.3 is 0 Å². The molecule has 5 nitrogen and oxygen atoms in total. The van der Waals surface area contributed by atoms with Gasteiger partial charge in [-0.3, -0.25) is 4.99 Å². The Morgan fingerprint density at radius 3 is 2.81 bits per heavy atom. The van der Waals surface area contributed by atoms with Crippen LogP contribution in [-0.2, 0) is 0 Å². The number of nitrogens with zero attached hydrogens (tertiary/aromatic N) is 4. The third-order valence-electron chi connectivity index (χ3n) is 3.69. The zero-order valence-corrected chi connectivity index (χ0v) is 13.7. The zero-order valence-electron chi connectivity index (χ0n) is 12.1. The van der Waals surface area contributed by atoms with Crippen LogP contribution < -0.4 is 10.6 Å². The molecule has 3 rings (SSSR count). The molecule has 2 aromatic rings. The molecule has 1 aromatic carbocycles. The lowest BCUT2D eigenvalue weighted by atomic mass is 10.1. The van der Waals surface area contributed by atoms with E-state index in [1.807, 2.05) is 36.8 Å². The van der Waals surface area contributed by atoms with Crippen LogP contribution in [-0.4, -0.2) is 22.1 Å². The van der Waals surface area contributed by atoms with Crippen molar-refractivity contribution in [3.05, 3.63) is 47.0 Å². The molecule has 0 fully saturated rings. The lowest BCUT2D eigenvalue weighted by Gasteiger charge is -2.28. The topological polar surface area (TPSA) is 59.4 Å². The van der Waals surface area contributed by atoms with E-state index in [0.717, 1.165) is 15.9 Å². The van der Waals surface area contributed by atoms with Crippen molar-refractivity contribution >= 4 is 27.6 Å². The van der Waals surface area contributed by atoms with Crippen molar-refractivity contribution in [1.82, 2.24) is 9.55 Å². The molecule has 0 spiro atoms. The summed E-state index contributed by atoms with van der Waals surface area (Å²) in [6, 6.07) is 8.48. The quantitative estimate of drug-likeness (QED) is 0.927. The van der Waals surface area contributed by atoms with Gasteiger partial charge in [-0.1, -0.05) is 12.1 Å². The average Bonchev–Trinajstić information content (AvgIpc) is 3.06. The van der Waals surface area contributed by atoms with Crippen LogP contribution in [0.2, 0.25) is 0 Å². The van der Waals surface area contributed by atoms with Crippen molar-refractivity contribution in [1.29, 1.82) is 0 Å². The first-order valence-electron chi connectivity index (χ1n) is 6.95. The van der Waals surface area contributed by atoms with Gasteiger partial charge in [0, 0.05) is 10.5 Å². The van der Waals surface area contributed by atoms with E-state index in [2.05, 4.69) is 49.2 Å². The molecule has 21 heavy (non-hydrogen) atoms. The monoisotopic (exact) mass is 347 g/mol. The summed E-state index contributed by atoms with van der Waals surface area (Å²) in [5.41, 5.74) is 8.28. The molecular formula is C15H18BrN5. The average molecular weight is 348 g/mol. The highest BCUT2D eigenvalue weighted by Crippen LogP contribution is 2.35. The number of halogens is 1. The minimum absolute atomic E-state index is 0.0774. The van der Waals surface area contributed by atoms with Crippen LogP contribution >= 0.6 is 15.9 Å². The molecule has 1 unspecified atom stereocenters. The smallest absolute Gasteiger partial charge is 0.196 e. The number of anilines is 1. The molecule has 0 saturated carbocycles. The number of imidazole rings is 1. The molecule has 1 aliphatic heterocycles. The van der Waals surface area contributed by atoms with Crippen molar-refractivity contribution in [2.24, 2.45) is 10.7 Å². The molecule has 1 aliphatic rings. The highest BCUT2D eigenvalue weighted by molar-refractivity contribution is 9.10. The van der Waals surface area contributed by atoms with Gasteiger partial charge in [-0.2, -0.15) is 0 Å². The molecule has 2 heterocycles. The summed E-state index contributed by atoms with van der Waals surface area (Å²) in [6.45, 7) is 4.94. The van der Waals surface area contributed by atoms with Gasteiger partial charge in [-0.05, 0) is 41.9 Å². The van der Waals surface area contributed by atoms with E-state index < -0.39 is 0 Å². The maximum Gasteiger partial charge on any atom is 0.196 e. The second-order valence-electron chi connectivity index (χ2n) is 5.36. The van der Waals surface area contributed by atoms with E-state index >= 15 is 0 Å². The lowest BCUT2D eigenvalue weighted by molar-refractivity contribution is 0.549. The standard InChI is InChI=1S/C15H18BrN5/c1-10(2)20-9-18-7-13(20)14-8-19-15(17)21(14)12-6-4-3-5-11(12)16/h3-7,9-10,14H,8H2,1-2H3,(H2,17,19). The van der Waals surface area contributed by atoms with Gasteiger partial charge in [-0.25, -0.2) is 4.98 Å². The summed E-state index contributed by atoms with van der Waals surface area (Å²) in [6.07, 6.45) is 3.77. The van der Waals surface area contributed by atoms with Gasteiger partial charge in [0.25, 0.3) is 0 Å². The highest BCUT2D eigenvalue weighted by atomic mass is 79.9. The van der Waals surface area contributed by atoms with Crippen LogP contribution in [0.4, 0.5) is 5.69 Å².